The van der Waals surface area contributed by atoms with Crippen LogP contribution in [0.25, 0.3) is 0 Å². The molecule has 2 aromatic carbocycles. The van der Waals surface area contributed by atoms with E-state index in [1.165, 1.54) is 17.7 Å². The van der Waals surface area contributed by atoms with Crippen LogP contribution < -0.4 is 10.1 Å². The average Bonchev–Trinajstić information content (AvgIpc) is 2.84. The number of hydrogen-bond acceptors (Lipinski definition) is 6. The quantitative estimate of drug-likeness (QED) is 0.484. The Kier molecular flexibility index (Phi) is 8.00. The first-order valence-corrected chi connectivity index (χ1v) is 11.1. The van der Waals surface area contributed by atoms with Gasteiger partial charge in [-0.05, 0) is 54.3 Å². The van der Waals surface area contributed by atoms with Gasteiger partial charge in [0.15, 0.2) is 0 Å². The first kappa shape index (κ1) is 22.2. The fraction of sp³-hybridized carbons (Fsp3) is 0.360. The van der Waals surface area contributed by atoms with Gasteiger partial charge in [-0.25, -0.2) is 4.39 Å². The molecular formula is C25H29FN4O2. The van der Waals surface area contributed by atoms with E-state index in [1.54, 1.807) is 12.1 Å². The van der Waals surface area contributed by atoms with Crippen LogP contribution in [0.2, 0.25) is 0 Å². The molecule has 1 aliphatic heterocycles. The molecule has 0 saturated carbocycles. The van der Waals surface area contributed by atoms with Crippen LogP contribution in [0.4, 0.5) is 10.1 Å². The lowest BCUT2D eigenvalue weighted by molar-refractivity contribution is 0.0342. The maximum Gasteiger partial charge on any atom is 0.233 e. The number of rotatable bonds is 10. The summed E-state index contributed by atoms with van der Waals surface area (Å²) in [4.78, 5) is 2.42. The zero-order valence-corrected chi connectivity index (χ0v) is 18.2. The van der Waals surface area contributed by atoms with Crippen molar-refractivity contribution in [1.82, 2.24) is 15.1 Å². The third-order valence-corrected chi connectivity index (χ3v) is 5.40. The van der Waals surface area contributed by atoms with E-state index in [2.05, 4.69) is 44.7 Å². The lowest BCUT2D eigenvalue weighted by Gasteiger charge is -2.26. The Hall–Kier alpha value is -3.03. The highest BCUT2D eigenvalue weighted by molar-refractivity contribution is 5.44. The van der Waals surface area contributed by atoms with Crippen molar-refractivity contribution in [3.8, 4) is 5.88 Å². The van der Waals surface area contributed by atoms with Gasteiger partial charge < -0.3 is 14.8 Å². The van der Waals surface area contributed by atoms with Crippen molar-refractivity contribution in [3.63, 3.8) is 0 Å². The van der Waals surface area contributed by atoms with Crippen LogP contribution in [0, 0.1) is 5.82 Å². The maximum absolute atomic E-state index is 12.9. The van der Waals surface area contributed by atoms with Gasteiger partial charge in [0.1, 0.15) is 12.4 Å². The Morgan fingerprint density at radius 1 is 0.906 bits per heavy atom. The highest BCUT2D eigenvalue weighted by Crippen LogP contribution is 2.14. The Morgan fingerprint density at radius 3 is 2.38 bits per heavy atom. The van der Waals surface area contributed by atoms with E-state index >= 15 is 0 Å². The van der Waals surface area contributed by atoms with Crippen LogP contribution in [-0.4, -0.2) is 47.9 Å². The Morgan fingerprint density at radius 2 is 1.66 bits per heavy atom. The topological polar surface area (TPSA) is 59.5 Å². The molecule has 2 heterocycles. The predicted molar refractivity (Wildman–Crippen MR) is 122 cm³/mol. The molecule has 168 valence electrons. The summed E-state index contributed by atoms with van der Waals surface area (Å²) >= 11 is 0. The fourth-order valence-electron chi connectivity index (χ4n) is 3.54. The average molecular weight is 437 g/mol. The number of anilines is 1. The zero-order chi connectivity index (χ0) is 22.0. The van der Waals surface area contributed by atoms with Gasteiger partial charge in [-0.15, -0.1) is 5.10 Å². The molecule has 32 heavy (non-hydrogen) atoms. The first-order valence-electron chi connectivity index (χ1n) is 11.1. The predicted octanol–water partition coefficient (Wildman–Crippen LogP) is 4.07. The van der Waals surface area contributed by atoms with Crippen molar-refractivity contribution in [2.24, 2.45) is 0 Å². The van der Waals surface area contributed by atoms with E-state index in [-0.39, 0.29) is 5.82 Å². The lowest BCUT2D eigenvalue weighted by atomic mass is 10.2. The van der Waals surface area contributed by atoms with Gasteiger partial charge in [0.25, 0.3) is 0 Å². The summed E-state index contributed by atoms with van der Waals surface area (Å²) in [5, 5.41) is 11.8. The normalized spacial score (nSPS) is 14.3. The molecule has 7 heteroatoms. The fourth-order valence-corrected chi connectivity index (χ4v) is 3.54. The van der Waals surface area contributed by atoms with E-state index < -0.39 is 0 Å². The van der Waals surface area contributed by atoms with Crippen LogP contribution in [0.5, 0.6) is 5.88 Å². The molecule has 1 N–H and O–H groups in total. The standard InChI is InChI=1S/C25H29FN4O2/c26-22-7-3-21(4-8-22)19-32-25-12-11-24(28-29-25)2-1-13-27-23-9-5-20(6-10-23)18-30-14-16-31-17-15-30/h3-12,27H,1-2,13-19H2. The minimum Gasteiger partial charge on any atom is -0.472 e. The minimum atomic E-state index is -0.256. The van der Waals surface area contributed by atoms with Gasteiger partial charge in [0, 0.05) is 37.9 Å². The number of morpholine rings is 1. The van der Waals surface area contributed by atoms with Crippen molar-refractivity contribution >= 4 is 5.69 Å². The summed E-state index contributed by atoms with van der Waals surface area (Å²) in [6.45, 7) is 5.85. The third-order valence-electron chi connectivity index (χ3n) is 5.40. The molecule has 0 bridgehead atoms. The van der Waals surface area contributed by atoms with Crippen molar-refractivity contribution in [1.29, 1.82) is 0 Å². The van der Waals surface area contributed by atoms with E-state index in [1.807, 2.05) is 12.1 Å². The molecule has 3 aromatic rings. The number of nitrogens with zero attached hydrogens (tertiary/aromatic N) is 3. The summed E-state index contributed by atoms with van der Waals surface area (Å²) in [5.74, 6) is 0.210. The molecule has 0 aliphatic carbocycles. The van der Waals surface area contributed by atoms with Gasteiger partial charge in [-0.1, -0.05) is 24.3 Å². The van der Waals surface area contributed by atoms with E-state index in [0.717, 1.165) is 69.2 Å². The SMILES string of the molecule is Fc1ccc(COc2ccc(CCCNc3ccc(CN4CCOCC4)cc3)nn2)cc1. The molecule has 6 nitrogen and oxygen atoms in total. The largest absolute Gasteiger partial charge is 0.472 e. The highest BCUT2D eigenvalue weighted by atomic mass is 19.1. The monoisotopic (exact) mass is 436 g/mol. The number of benzene rings is 2. The molecule has 1 aromatic heterocycles. The van der Waals surface area contributed by atoms with E-state index in [4.69, 9.17) is 9.47 Å². The van der Waals surface area contributed by atoms with Gasteiger partial charge in [0.2, 0.25) is 5.88 Å². The summed E-state index contributed by atoms with van der Waals surface area (Å²) < 4.78 is 24.0. The van der Waals surface area contributed by atoms with Crippen LogP contribution in [0.3, 0.4) is 0 Å². The van der Waals surface area contributed by atoms with Gasteiger partial charge in [-0.2, -0.15) is 5.10 Å². The Balaban J connectivity index is 1.14. The molecule has 0 atom stereocenters. The van der Waals surface area contributed by atoms with Gasteiger partial charge in [-0.3, -0.25) is 4.90 Å². The van der Waals surface area contributed by atoms with Crippen molar-refractivity contribution in [2.75, 3.05) is 38.2 Å². The van der Waals surface area contributed by atoms with Crippen LogP contribution in [0.15, 0.2) is 60.7 Å². The van der Waals surface area contributed by atoms with Crippen LogP contribution in [0.1, 0.15) is 23.2 Å². The molecule has 0 radical (unpaired) electrons. The van der Waals surface area contributed by atoms with Crippen molar-refractivity contribution in [2.45, 2.75) is 26.0 Å². The van der Waals surface area contributed by atoms with Gasteiger partial charge >= 0.3 is 0 Å². The molecule has 0 amide bonds. The molecule has 0 unspecified atom stereocenters. The lowest BCUT2D eigenvalue weighted by Crippen LogP contribution is -2.35. The summed E-state index contributed by atoms with van der Waals surface area (Å²) in [7, 11) is 0. The first-order chi connectivity index (χ1) is 15.7. The number of aromatic nitrogens is 2. The Labute approximate surface area is 188 Å². The second kappa shape index (κ2) is 11.5. The molecule has 4 rings (SSSR count). The number of halogens is 1. The minimum absolute atomic E-state index is 0.256. The highest BCUT2D eigenvalue weighted by Gasteiger charge is 2.10. The summed E-state index contributed by atoms with van der Waals surface area (Å²) in [5.41, 5.74) is 4.28. The van der Waals surface area contributed by atoms with E-state index in [9.17, 15) is 4.39 Å². The van der Waals surface area contributed by atoms with Crippen molar-refractivity contribution in [3.05, 3.63) is 83.3 Å². The van der Waals surface area contributed by atoms with E-state index in [0.29, 0.717) is 12.5 Å². The van der Waals surface area contributed by atoms with Crippen LogP contribution in [-0.2, 0) is 24.3 Å². The molecule has 1 fully saturated rings. The summed E-state index contributed by atoms with van der Waals surface area (Å²) in [6, 6.07) is 18.7. The molecule has 0 spiro atoms. The number of hydrogen-bond donors (Lipinski definition) is 1. The Bertz CT molecular complexity index is 943. The maximum atomic E-state index is 12.9. The molecular weight excluding hydrogens is 407 g/mol. The molecule has 1 saturated heterocycles. The van der Waals surface area contributed by atoms with Crippen LogP contribution >= 0.6 is 0 Å². The van der Waals surface area contributed by atoms with Crippen molar-refractivity contribution < 1.29 is 13.9 Å². The second-order valence-corrected chi connectivity index (χ2v) is 7.89. The van der Waals surface area contributed by atoms with Gasteiger partial charge in [0.05, 0.1) is 18.9 Å². The number of nitrogens with one attached hydrogen (secondary N) is 1. The zero-order valence-electron chi connectivity index (χ0n) is 18.2. The molecule has 1 aliphatic rings. The second-order valence-electron chi connectivity index (χ2n) is 7.89. The third kappa shape index (κ3) is 7.00. The number of aryl methyl sites for hydroxylation is 1. The smallest absolute Gasteiger partial charge is 0.233 e. The number of ether oxygens (including phenoxy) is 2. The summed E-state index contributed by atoms with van der Waals surface area (Å²) in [6.07, 6.45) is 1.80.